The molecule has 3 rings (SSSR count). The molecule has 0 fully saturated rings. The third kappa shape index (κ3) is 4.02. The Morgan fingerprint density at radius 3 is 2.96 bits per heavy atom. The molecule has 2 aromatic rings. The maximum Gasteiger partial charge on any atom is 0.267 e. The van der Waals surface area contributed by atoms with Crippen LogP contribution in [0.1, 0.15) is 24.6 Å². The van der Waals surface area contributed by atoms with E-state index in [1.54, 1.807) is 24.3 Å². The Labute approximate surface area is 150 Å². The van der Waals surface area contributed by atoms with Gasteiger partial charge in [0.25, 0.3) is 5.56 Å². The molecule has 0 saturated carbocycles. The van der Waals surface area contributed by atoms with Crippen molar-refractivity contribution in [3.05, 3.63) is 50.9 Å². The van der Waals surface area contributed by atoms with E-state index < -0.39 is 0 Å². The van der Waals surface area contributed by atoms with Crippen molar-refractivity contribution in [1.82, 2.24) is 9.78 Å². The summed E-state index contributed by atoms with van der Waals surface area (Å²) in [5, 5.41) is 7.49. The number of hydrogen-bond acceptors (Lipinski definition) is 4. The summed E-state index contributed by atoms with van der Waals surface area (Å²) in [7, 11) is 1.52. The van der Waals surface area contributed by atoms with Crippen LogP contribution in [0.3, 0.4) is 0 Å². The molecule has 1 aliphatic rings. The van der Waals surface area contributed by atoms with Crippen LogP contribution in [0.5, 0.6) is 5.75 Å². The van der Waals surface area contributed by atoms with E-state index >= 15 is 0 Å². The number of methoxy groups -OCH3 is 1. The highest BCUT2D eigenvalue weighted by molar-refractivity contribution is 6.32. The number of hydrogen-bond donors (Lipinski definition) is 1. The predicted molar refractivity (Wildman–Crippen MR) is 96.3 cm³/mol. The van der Waals surface area contributed by atoms with Crippen LogP contribution in [-0.2, 0) is 24.2 Å². The van der Waals surface area contributed by atoms with Crippen molar-refractivity contribution in [3.8, 4) is 5.75 Å². The fraction of sp³-hybridized carbons (Fsp3) is 0.389. The standard InChI is InChI=1S/C18H20ClN3O3/c1-11-3-5-15-12(7-11)8-18(24)22(21-15)10-17(23)20-13-4-6-16(25-2)14(19)9-13/h4,6,8-9,11H,3,5,7,10H2,1-2H3,(H,20,23). The topological polar surface area (TPSA) is 73.2 Å². The lowest BCUT2D eigenvalue weighted by atomic mass is 9.88. The molecule has 1 N–H and O–H groups in total. The molecule has 1 aromatic heterocycles. The number of rotatable bonds is 4. The highest BCUT2D eigenvalue weighted by atomic mass is 35.5. The second-order valence-corrected chi connectivity index (χ2v) is 6.76. The number of amides is 1. The molecular formula is C18H20ClN3O3. The molecule has 0 aliphatic heterocycles. The van der Waals surface area contributed by atoms with Crippen LogP contribution < -0.4 is 15.6 Å². The summed E-state index contributed by atoms with van der Waals surface area (Å²) in [5.74, 6) is 0.758. The third-order valence-electron chi connectivity index (χ3n) is 4.34. The minimum Gasteiger partial charge on any atom is -0.495 e. The van der Waals surface area contributed by atoms with Gasteiger partial charge in [0.1, 0.15) is 12.3 Å². The molecule has 0 saturated heterocycles. The van der Waals surface area contributed by atoms with Gasteiger partial charge in [0.05, 0.1) is 17.8 Å². The average molecular weight is 362 g/mol. The Bertz CT molecular complexity index is 863. The number of ether oxygens (including phenoxy) is 1. The minimum absolute atomic E-state index is 0.134. The van der Waals surface area contributed by atoms with Gasteiger partial charge >= 0.3 is 0 Å². The van der Waals surface area contributed by atoms with Crippen molar-refractivity contribution in [3.63, 3.8) is 0 Å². The summed E-state index contributed by atoms with van der Waals surface area (Å²) in [6, 6.07) is 6.56. The first-order chi connectivity index (χ1) is 12.0. The lowest BCUT2D eigenvalue weighted by molar-refractivity contribution is -0.117. The van der Waals surface area contributed by atoms with Crippen molar-refractivity contribution >= 4 is 23.2 Å². The van der Waals surface area contributed by atoms with Crippen molar-refractivity contribution in [2.75, 3.05) is 12.4 Å². The van der Waals surface area contributed by atoms with Crippen LogP contribution in [0.15, 0.2) is 29.1 Å². The predicted octanol–water partition coefficient (Wildman–Crippen LogP) is 2.67. The molecule has 1 atom stereocenters. The molecule has 132 valence electrons. The van der Waals surface area contributed by atoms with Crippen LogP contribution in [-0.4, -0.2) is 22.8 Å². The third-order valence-corrected chi connectivity index (χ3v) is 4.63. The number of nitrogens with one attached hydrogen (secondary N) is 1. The number of aryl methyl sites for hydroxylation is 1. The van der Waals surface area contributed by atoms with E-state index in [1.807, 2.05) is 0 Å². The average Bonchev–Trinajstić information content (AvgIpc) is 2.56. The van der Waals surface area contributed by atoms with Crippen LogP contribution in [0, 0.1) is 5.92 Å². The molecule has 1 aliphatic carbocycles. The number of carbonyl (C=O) groups is 1. The Kier molecular flexibility index (Phi) is 5.08. The normalized spacial score (nSPS) is 16.2. The molecule has 1 heterocycles. The van der Waals surface area contributed by atoms with Gasteiger partial charge in [-0.1, -0.05) is 18.5 Å². The fourth-order valence-electron chi connectivity index (χ4n) is 3.01. The molecule has 25 heavy (non-hydrogen) atoms. The van der Waals surface area contributed by atoms with E-state index in [1.165, 1.54) is 11.8 Å². The van der Waals surface area contributed by atoms with Crippen molar-refractivity contribution in [1.29, 1.82) is 0 Å². The first-order valence-electron chi connectivity index (χ1n) is 8.19. The zero-order valence-corrected chi connectivity index (χ0v) is 15.0. The lowest BCUT2D eigenvalue weighted by Gasteiger charge is -2.20. The highest BCUT2D eigenvalue weighted by Gasteiger charge is 2.19. The van der Waals surface area contributed by atoms with Gasteiger partial charge in [-0.25, -0.2) is 4.68 Å². The molecule has 0 radical (unpaired) electrons. The number of anilines is 1. The number of fused-ring (bicyclic) bond motifs is 1. The Morgan fingerprint density at radius 1 is 1.44 bits per heavy atom. The second kappa shape index (κ2) is 7.27. The van der Waals surface area contributed by atoms with E-state index in [0.29, 0.717) is 22.4 Å². The van der Waals surface area contributed by atoms with Gasteiger partial charge in [0.15, 0.2) is 0 Å². The highest BCUT2D eigenvalue weighted by Crippen LogP contribution is 2.27. The van der Waals surface area contributed by atoms with Crippen LogP contribution in [0.25, 0.3) is 0 Å². The van der Waals surface area contributed by atoms with Gasteiger partial charge in [-0.3, -0.25) is 9.59 Å². The summed E-state index contributed by atoms with van der Waals surface area (Å²) in [6.07, 6.45) is 2.76. The zero-order valence-electron chi connectivity index (χ0n) is 14.2. The van der Waals surface area contributed by atoms with Gasteiger partial charge in [-0.2, -0.15) is 5.10 Å². The summed E-state index contributed by atoms with van der Waals surface area (Å²) >= 11 is 6.05. The quantitative estimate of drug-likeness (QED) is 0.908. The number of halogens is 1. The number of nitrogens with zero attached hydrogens (tertiary/aromatic N) is 2. The molecule has 1 unspecified atom stereocenters. The van der Waals surface area contributed by atoms with Gasteiger partial charge in [0, 0.05) is 11.8 Å². The van der Waals surface area contributed by atoms with E-state index in [0.717, 1.165) is 30.5 Å². The molecule has 6 nitrogen and oxygen atoms in total. The Balaban J connectivity index is 1.73. The summed E-state index contributed by atoms with van der Waals surface area (Å²) in [4.78, 5) is 24.4. The van der Waals surface area contributed by atoms with Crippen molar-refractivity contribution in [2.24, 2.45) is 5.92 Å². The van der Waals surface area contributed by atoms with E-state index in [9.17, 15) is 9.59 Å². The van der Waals surface area contributed by atoms with Gasteiger partial charge in [-0.15, -0.1) is 0 Å². The SMILES string of the molecule is COc1ccc(NC(=O)Cn2nc3c(cc2=O)CC(C)CC3)cc1Cl. The fourth-order valence-corrected chi connectivity index (χ4v) is 3.27. The van der Waals surface area contributed by atoms with E-state index in [4.69, 9.17) is 16.3 Å². The van der Waals surface area contributed by atoms with Gasteiger partial charge < -0.3 is 10.1 Å². The summed E-state index contributed by atoms with van der Waals surface area (Å²) < 4.78 is 6.29. The largest absolute Gasteiger partial charge is 0.495 e. The number of carbonyl (C=O) groups excluding carboxylic acids is 1. The van der Waals surface area contributed by atoms with Gasteiger partial charge in [-0.05, 0) is 48.9 Å². The molecule has 7 heteroatoms. The summed E-state index contributed by atoms with van der Waals surface area (Å²) in [5.41, 5.74) is 2.20. The van der Waals surface area contributed by atoms with Crippen LogP contribution in [0.4, 0.5) is 5.69 Å². The van der Waals surface area contributed by atoms with Crippen LogP contribution >= 0.6 is 11.6 Å². The number of aromatic nitrogens is 2. The van der Waals surface area contributed by atoms with Crippen molar-refractivity contribution < 1.29 is 9.53 Å². The van der Waals surface area contributed by atoms with Gasteiger partial charge in [0.2, 0.25) is 5.91 Å². The molecule has 1 amide bonds. The van der Waals surface area contributed by atoms with E-state index in [-0.39, 0.29) is 18.0 Å². The molecule has 0 spiro atoms. The van der Waals surface area contributed by atoms with E-state index in [2.05, 4.69) is 17.3 Å². The molecule has 0 bridgehead atoms. The van der Waals surface area contributed by atoms with Crippen molar-refractivity contribution in [2.45, 2.75) is 32.7 Å². The first-order valence-corrected chi connectivity index (χ1v) is 8.57. The van der Waals surface area contributed by atoms with Crippen LogP contribution in [0.2, 0.25) is 5.02 Å². The molecule has 1 aromatic carbocycles. The Hall–Kier alpha value is -2.34. The first kappa shape index (κ1) is 17.5. The molecular weight excluding hydrogens is 342 g/mol. The minimum atomic E-state index is -0.333. The summed E-state index contributed by atoms with van der Waals surface area (Å²) in [6.45, 7) is 2.03. The lowest BCUT2D eigenvalue weighted by Crippen LogP contribution is -2.32. The zero-order chi connectivity index (χ0) is 18.0. The maximum atomic E-state index is 12.2. The number of benzene rings is 1. The Morgan fingerprint density at radius 2 is 2.24 bits per heavy atom. The smallest absolute Gasteiger partial charge is 0.267 e. The monoisotopic (exact) mass is 361 g/mol. The second-order valence-electron chi connectivity index (χ2n) is 6.36. The maximum absolute atomic E-state index is 12.2.